The Morgan fingerprint density at radius 3 is 2.45 bits per heavy atom. The molecule has 3 N–H and O–H groups in total. The first kappa shape index (κ1) is 14.8. The van der Waals surface area contributed by atoms with Gasteiger partial charge in [0.2, 0.25) is 0 Å². The van der Waals surface area contributed by atoms with Crippen LogP contribution in [-0.2, 0) is 11.8 Å². The van der Waals surface area contributed by atoms with E-state index in [4.69, 9.17) is 5.73 Å². The molecule has 1 heterocycles. The van der Waals surface area contributed by atoms with Crippen LogP contribution in [0.4, 0.5) is 0 Å². The van der Waals surface area contributed by atoms with Crippen LogP contribution in [0.25, 0.3) is 11.3 Å². The van der Waals surface area contributed by atoms with Crippen molar-refractivity contribution >= 4 is 0 Å². The minimum atomic E-state index is 0.175. The summed E-state index contributed by atoms with van der Waals surface area (Å²) in [6, 6.07) is 6.66. The van der Waals surface area contributed by atoms with E-state index >= 15 is 0 Å². The van der Waals surface area contributed by atoms with Gasteiger partial charge in [0.05, 0.1) is 5.69 Å². The van der Waals surface area contributed by atoms with Crippen LogP contribution in [0.5, 0.6) is 0 Å². The summed E-state index contributed by atoms with van der Waals surface area (Å²) in [6.07, 6.45) is 0.792. The summed E-state index contributed by atoms with van der Waals surface area (Å²) in [7, 11) is 0. The number of imidazole rings is 1. The summed E-state index contributed by atoms with van der Waals surface area (Å²) < 4.78 is 0. The average molecular weight is 271 g/mol. The van der Waals surface area contributed by atoms with E-state index in [1.165, 1.54) is 16.7 Å². The topological polar surface area (TPSA) is 54.7 Å². The Morgan fingerprint density at radius 2 is 1.90 bits per heavy atom. The van der Waals surface area contributed by atoms with Crippen molar-refractivity contribution in [2.24, 2.45) is 5.73 Å². The van der Waals surface area contributed by atoms with Crippen molar-refractivity contribution in [3.63, 3.8) is 0 Å². The largest absolute Gasteiger partial charge is 0.346 e. The molecule has 0 bridgehead atoms. The second kappa shape index (κ2) is 5.41. The lowest BCUT2D eigenvalue weighted by molar-refractivity contribution is 0.590. The van der Waals surface area contributed by atoms with Crippen LogP contribution >= 0.6 is 0 Å². The highest BCUT2D eigenvalue weighted by Crippen LogP contribution is 2.30. The van der Waals surface area contributed by atoms with Gasteiger partial charge in [-0.05, 0) is 36.9 Å². The van der Waals surface area contributed by atoms with Gasteiger partial charge in [-0.3, -0.25) is 0 Å². The Hall–Kier alpha value is -1.61. The van der Waals surface area contributed by atoms with Crippen molar-refractivity contribution in [3.05, 3.63) is 40.8 Å². The minimum absolute atomic E-state index is 0.175. The van der Waals surface area contributed by atoms with Crippen LogP contribution in [0.3, 0.4) is 0 Å². The van der Waals surface area contributed by atoms with Crippen molar-refractivity contribution in [1.82, 2.24) is 9.97 Å². The van der Waals surface area contributed by atoms with Crippen LogP contribution in [-0.4, -0.2) is 16.5 Å². The van der Waals surface area contributed by atoms with Gasteiger partial charge in [0.15, 0.2) is 0 Å². The van der Waals surface area contributed by atoms with E-state index in [1.807, 2.05) is 0 Å². The van der Waals surface area contributed by atoms with E-state index in [0.717, 1.165) is 23.6 Å². The molecule has 0 aliphatic heterocycles. The zero-order chi connectivity index (χ0) is 14.9. The Balaban J connectivity index is 2.43. The fourth-order valence-corrected chi connectivity index (χ4v) is 2.44. The van der Waals surface area contributed by atoms with Crippen LogP contribution in [0.2, 0.25) is 0 Å². The zero-order valence-electron chi connectivity index (χ0n) is 13.2. The molecule has 0 saturated heterocycles. The van der Waals surface area contributed by atoms with Gasteiger partial charge < -0.3 is 10.7 Å². The number of nitrogens with two attached hydrogens (primary N) is 1. The highest BCUT2D eigenvalue weighted by molar-refractivity contribution is 5.66. The first-order chi connectivity index (χ1) is 9.32. The molecule has 0 aliphatic carbocycles. The summed E-state index contributed by atoms with van der Waals surface area (Å²) in [5.41, 5.74) is 11.8. The monoisotopic (exact) mass is 271 g/mol. The maximum absolute atomic E-state index is 5.60. The number of aromatic nitrogens is 2. The standard InChI is InChI=1S/C17H25N3/c1-11-10-13(17(3,4)5)6-7-14(11)16-12(2)19-15(20-16)8-9-18/h6-7,10H,8-9,18H2,1-5H3,(H,19,20). The molecule has 2 aromatic rings. The number of nitrogens with zero attached hydrogens (tertiary/aromatic N) is 1. The molecule has 0 unspecified atom stereocenters. The van der Waals surface area contributed by atoms with Gasteiger partial charge in [0.1, 0.15) is 5.82 Å². The van der Waals surface area contributed by atoms with E-state index in [1.54, 1.807) is 0 Å². The van der Waals surface area contributed by atoms with Crippen LogP contribution in [0.15, 0.2) is 18.2 Å². The minimum Gasteiger partial charge on any atom is -0.346 e. The number of nitrogens with one attached hydrogen (secondary N) is 1. The highest BCUT2D eigenvalue weighted by Gasteiger charge is 2.16. The lowest BCUT2D eigenvalue weighted by Gasteiger charge is -2.20. The fraction of sp³-hybridized carbons (Fsp3) is 0.471. The molecule has 0 aliphatic rings. The first-order valence-corrected chi connectivity index (χ1v) is 7.20. The SMILES string of the molecule is Cc1cc(C(C)(C)C)ccc1-c1nc(CCN)[nH]c1C. The summed E-state index contributed by atoms with van der Waals surface area (Å²) >= 11 is 0. The molecular formula is C17H25N3. The lowest BCUT2D eigenvalue weighted by atomic mass is 9.85. The van der Waals surface area contributed by atoms with Gasteiger partial charge in [-0.2, -0.15) is 0 Å². The molecule has 3 nitrogen and oxygen atoms in total. The molecule has 3 heteroatoms. The smallest absolute Gasteiger partial charge is 0.108 e. The molecule has 0 fully saturated rings. The third-order valence-electron chi connectivity index (χ3n) is 3.66. The lowest BCUT2D eigenvalue weighted by Crippen LogP contribution is -2.11. The van der Waals surface area contributed by atoms with Crippen molar-refractivity contribution in [2.45, 2.75) is 46.5 Å². The number of rotatable bonds is 3. The predicted octanol–water partition coefficient (Wildman–Crippen LogP) is 3.49. The predicted molar refractivity (Wildman–Crippen MR) is 85.0 cm³/mol. The number of hydrogen-bond acceptors (Lipinski definition) is 2. The fourth-order valence-electron chi connectivity index (χ4n) is 2.44. The van der Waals surface area contributed by atoms with Crippen LogP contribution in [0, 0.1) is 13.8 Å². The Morgan fingerprint density at radius 1 is 1.20 bits per heavy atom. The number of H-pyrrole nitrogens is 1. The van der Waals surface area contributed by atoms with E-state index in [9.17, 15) is 0 Å². The quantitative estimate of drug-likeness (QED) is 0.897. The average Bonchev–Trinajstić information content (AvgIpc) is 2.69. The molecule has 0 amide bonds. The third-order valence-corrected chi connectivity index (χ3v) is 3.66. The van der Waals surface area contributed by atoms with Crippen LogP contribution < -0.4 is 5.73 Å². The zero-order valence-corrected chi connectivity index (χ0v) is 13.2. The van der Waals surface area contributed by atoms with Crippen molar-refractivity contribution in [1.29, 1.82) is 0 Å². The van der Waals surface area contributed by atoms with Gasteiger partial charge in [-0.1, -0.05) is 39.0 Å². The van der Waals surface area contributed by atoms with E-state index in [2.05, 4.69) is 62.8 Å². The normalized spacial score (nSPS) is 11.9. The number of benzene rings is 1. The van der Waals surface area contributed by atoms with Gasteiger partial charge in [0, 0.05) is 17.7 Å². The number of aryl methyl sites for hydroxylation is 2. The van der Waals surface area contributed by atoms with E-state index in [-0.39, 0.29) is 5.41 Å². The second-order valence-electron chi connectivity index (χ2n) is 6.48. The molecule has 0 saturated carbocycles. The van der Waals surface area contributed by atoms with E-state index in [0.29, 0.717) is 6.54 Å². The Labute approximate surface area is 121 Å². The Kier molecular flexibility index (Phi) is 4.00. The summed E-state index contributed by atoms with van der Waals surface area (Å²) in [4.78, 5) is 8.01. The maximum Gasteiger partial charge on any atom is 0.108 e. The summed E-state index contributed by atoms with van der Waals surface area (Å²) in [5, 5.41) is 0. The molecular weight excluding hydrogens is 246 g/mol. The van der Waals surface area contributed by atoms with E-state index < -0.39 is 0 Å². The van der Waals surface area contributed by atoms with Gasteiger partial charge in [-0.25, -0.2) is 4.98 Å². The Bertz CT molecular complexity index is 603. The van der Waals surface area contributed by atoms with Gasteiger partial charge in [0.25, 0.3) is 0 Å². The highest BCUT2D eigenvalue weighted by atomic mass is 14.9. The third kappa shape index (κ3) is 2.93. The van der Waals surface area contributed by atoms with Crippen molar-refractivity contribution < 1.29 is 0 Å². The van der Waals surface area contributed by atoms with Crippen LogP contribution in [0.1, 0.15) is 43.4 Å². The first-order valence-electron chi connectivity index (χ1n) is 7.20. The molecule has 0 spiro atoms. The second-order valence-corrected chi connectivity index (χ2v) is 6.48. The molecule has 0 radical (unpaired) electrons. The molecule has 0 atom stereocenters. The molecule has 20 heavy (non-hydrogen) atoms. The molecule has 2 rings (SSSR count). The molecule has 1 aromatic carbocycles. The van der Waals surface area contributed by atoms with Crippen molar-refractivity contribution in [3.8, 4) is 11.3 Å². The maximum atomic E-state index is 5.60. The summed E-state index contributed by atoms with van der Waals surface area (Å²) in [5.74, 6) is 0.972. The number of hydrogen-bond donors (Lipinski definition) is 2. The molecule has 108 valence electrons. The van der Waals surface area contributed by atoms with Gasteiger partial charge >= 0.3 is 0 Å². The van der Waals surface area contributed by atoms with Gasteiger partial charge in [-0.15, -0.1) is 0 Å². The van der Waals surface area contributed by atoms with Crippen molar-refractivity contribution in [2.75, 3.05) is 6.54 Å². The number of aromatic amines is 1. The molecule has 1 aromatic heterocycles. The summed E-state index contributed by atoms with van der Waals surface area (Å²) in [6.45, 7) is 11.6.